The number of hydrogen-bond acceptors (Lipinski definition) is 7. The van der Waals surface area contributed by atoms with E-state index in [0.29, 0.717) is 10.6 Å². The number of rotatable bonds is 7. The van der Waals surface area contributed by atoms with Crippen molar-refractivity contribution in [1.82, 2.24) is 5.06 Å². The molecule has 162 valence electrons. The zero-order valence-electron chi connectivity index (χ0n) is 15.7. The Morgan fingerprint density at radius 2 is 1.67 bits per heavy atom. The van der Waals surface area contributed by atoms with Gasteiger partial charge in [0, 0.05) is 21.8 Å². The van der Waals surface area contributed by atoms with Crippen molar-refractivity contribution in [3.8, 4) is 0 Å². The van der Waals surface area contributed by atoms with E-state index in [0.717, 1.165) is 16.4 Å². The Balaban J connectivity index is 1.98. The first-order valence-electron chi connectivity index (χ1n) is 8.64. The molecule has 12 heteroatoms. The van der Waals surface area contributed by atoms with Crippen LogP contribution in [0.4, 0.5) is 13.2 Å². The third-order valence-corrected chi connectivity index (χ3v) is 7.43. The van der Waals surface area contributed by atoms with E-state index >= 15 is 0 Å². The number of hydroxylamine groups is 2. The zero-order valence-corrected chi connectivity index (χ0v) is 18.2. The summed E-state index contributed by atoms with van der Waals surface area (Å²) < 4.78 is 64.4. The third-order valence-electron chi connectivity index (χ3n) is 4.08. The molecule has 0 saturated heterocycles. The van der Waals surface area contributed by atoms with Crippen molar-refractivity contribution in [2.45, 2.75) is 29.5 Å². The highest BCUT2D eigenvalue weighted by Gasteiger charge is 2.51. The number of imide groups is 1. The molecule has 2 aromatic rings. The quantitative estimate of drug-likeness (QED) is 0.251. The largest absolute Gasteiger partial charge is 0.525 e. The molecule has 1 aliphatic rings. The predicted molar refractivity (Wildman–Crippen MR) is 109 cm³/mol. The molecule has 1 aliphatic heterocycles. The Bertz CT molecular complexity index is 1090. The number of alkyl halides is 3. The molecule has 0 aliphatic carbocycles. The molecule has 3 rings (SSSR count). The van der Waals surface area contributed by atoms with Crippen molar-refractivity contribution in [3.05, 3.63) is 41.5 Å². The van der Waals surface area contributed by atoms with E-state index in [-0.39, 0.29) is 21.6 Å². The smallest absolute Gasteiger partial charge is 0.266 e. The van der Waals surface area contributed by atoms with Crippen LogP contribution in [0, 0.1) is 0 Å². The molecule has 0 bridgehead atoms. The van der Waals surface area contributed by atoms with E-state index in [1.165, 1.54) is 30.0 Å². The highest BCUT2D eigenvalue weighted by Crippen LogP contribution is 2.37. The van der Waals surface area contributed by atoms with Crippen LogP contribution in [0.25, 0.3) is 10.8 Å². The minimum Gasteiger partial charge on any atom is -0.266 e. The maximum Gasteiger partial charge on any atom is 0.525 e. The molecule has 0 atom stereocenters. The standard InChI is InChI=1S/C18H16F3NO5S3/c1-10(2)28-8-9-29-14-7-6-13-15-11(14)4-3-5-12(15)16(23)22(17(13)24)27-30(25,26)18(19,20)21/h3-7,10H,8-9H2,1-2H3. The Hall–Kier alpha value is -1.76. The number of thioether (sulfide) groups is 2. The molecule has 2 amide bonds. The van der Waals surface area contributed by atoms with E-state index in [9.17, 15) is 31.2 Å². The number of carbonyl (C=O) groups excluding carboxylic acids is 2. The van der Waals surface area contributed by atoms with Gasteiger partial charge in [0.05, 0.1) is 11.1 Å². The molecule has 0 spiro atoms. The van der Waals surface area contributed by atoms with Gasteiger partial charge < -0.3 is 0 Å². The number of amides is 2. The van der Waals surface area contributed by atoms with Crippen molar-refractivity contribution in [3.63, 3.8) is 0 Å². The molecule has 6 nitrogen and oxygen atoms in total. The normalized spacial score (nSPS) is 14.8. The van der Waals surface area contributed by atoms with Gasteiger partial charge in [0.1, 0.15) is 0 Å². The van der Waals surface area contributed by atoms with Crippen LogP contribution in [0.15, 0.2) is 35.2 Å². The first-order valence-corrected chi connectivity index (χ1v) is 12.1. The summed E-state index contributed by atoms with van der Waals surface area (Å²) in [6.45, 7) is 4.17. The second-order valence-corrected chi connectivity index (χ2v) is 10.8. The number of halogens is 3. The number of carbonyl (C=O) groups is 2. The monoisotopic (exact) mass is 479 g/mol. The summed E-state index contributed by atoms with van der Waals surface area (Å²) in [5, 5.41) is 0.977. The summed E-state index contributed by atoms with van der Waals surface area (Å²) in [6.07, 6.45) is 0. The van der Waals surface area contributed by atoms with E-state index < -0.39 is 27.4 Å². The van der Waals surface area contributed by atoms with Gasteiger partial charge in [-0.2, -0.15) is 33.4 Å². The first kappa shape index (κ1) is 22.9. The van der Waals surface area contributed by atoms with E-state index in [1.807, 2.05) is 0 Å². The zero-order chi connectivity index (χ0) is 22.3. The molecular weight excluding hydrogens is 463 g/mol. The van der Waals surface area contributed by atoms with Gasteiger partial charge in [-0.1, -0.05) is 26.0 Å². The van der Waals surface area contributed by atoms with Crippen LogP contribution in [0.3, 0.4) is 0 Å². The van der Waals surface area contributed by atoms with Gasteiger partial charge in [-0.25, -0.2) is 0 Å². The van der Waals surface area contributed by atoms with E-state index in [1.54, 1.807) is 23.9 Å². The van der Waals surface area contributed by atoms with Crippen molar-refractivity contribution >= 4 is 56.2 Å². The summed E-state index contributed by atoms with van der Waals surface area (Å²) in [5.74, 6) is -0.880. The summed E-state index contributed by atoms with van der Waals surface area (Å²) in [6, 6.07) is 7.49. The third kappa shape index (κ3) is 4.32. The SMILES string of the molecule is CC(C)SCCSc1ccc2c3c(cccc13)C(=O)N(OS(=O)(=O)C(F)(F)F)C2=O. The number of nitrogens with zero attached hydrogens (tertiary/aromatic N) is 1. The summed E-state index contributed by atoms with van der Waals surface area (Å²) in [4.78, 5) is 26.0. The second-order valence-electron chi connectivity index (χ2n) is 6.49. The molecule has 0 N–H and O–H groups in total. The summed E-state index contributed by atoms with van der Waals surface area (Å²) in [5.41, 5.74) is -6.01. The lowest BCUT2D eigenvalue weighted by Gasteiger charge is -2.26. The minimum absolute atomic E-state index is 0.113. The van der Waals surface area contributed by atoms with Gasteiger partial charge in [0.2, 0.25) is 0 Å². The Morgan fingerprint density at radius 1 is 1.03 bits per heavy atom. The molecule has 30 heavy (non-hydrogen) atoms. The van der Waals surface area contributed by atoms with Crippen molar-refractivity contribution in [2.24, 2.45) is 0 Å². The molecule has 1 heterocycles. The number of benzene rings is 2. The van der Waals surface area contributed by atoms with Crippen molar-refractivity contribution in [1.29, 1.82) is 0 Å². The van der Waals surface area contributed by atoms with Crippen molar-refractivity contribution in [2.75, 3.05) is 11.5 Å². The average molecular weight is 480 g/mol. The fraction of sp³-hybridized carbons (Fsp3) is 0.333. The van der Waals surface area contributed by atoms with Gasteiger partial charge in [-0.05, 0) is 28.8 Å². The minimum atomic E-state index is -6.19. The maximum atomic E-state index is 12.7. The fourth-order valence-electron chi connectivity index (χ4n) is 2.82. The predicted octanol–water partition coefficient (Wildman–Crippen LogP) is 4.45. The van der Waals surface area contributed by atoms with Crippen LogP contribution >= 0.6 is 23.5 Å². The molecule has 0 fully saturated rings. The van der Waals surface area contributed by atoms with Crippen molar-refractivity contribution < 1.29 is 35.5 Å². The molecule has 0 radical (unpaired) electrons. The Morgan fingerprint density at radius 3 is 2.27 bits per heavy atom. The van der Waals surface area contributed by atoms with Gasteiger partial charge in [0.25, 0.3) is 11.8 Å². The van der Waals surface area contributed by atoms with Crippen LogP contribution in [-0.2, 0) is 14.4 Å². The Kier molecular flexibility index (Phi) is 6.42. The van der Waals surface area contributed by atoms with Gasteiger partial charge in [0.15, 0.2) is 0 Å². The van der Waals surface area contributed by atoms with Crippen LogP contribution in [0.1, 0.15) is 34.6 Å². The summed E-state index contributed by atoms with van der Waals surface area (Å²) >= 11 is 3.31. The molecule has 0 aromatic heterocycles. The van der Waals surface area contributed by atoms with Crippen LogP contribution in [0.2, 0.25) is 0 Å². The molecule has 0 saturated carbocycles. The Labute approximate surface area is 179 Å². The van der Waals surface area contributed by atoms with Crippen LogP contribution < -0.4 is 0 Å². The molecular formula is C18H16F3NO5S3. The number of hydrogen-bond donors (Lipinski definition) is 0. The second kappa shape index (κ2) is 8.40. The molecule has 2 aromatic carbocycles. The first-order chi connectivity index (χ1) is 13.9. The van der Waals surface area contributed by atoms with Gasteiger partial charge in [-0.15, -0.1) is 21.1 Å². The molecule has 0 unspecified atom stereocenters. The highest BCUT2D eigenvalue weighted by atomic mass is 32.2. The lowest BCUT2D eigenvalue weighted by Crippen LogP contribution is -2.44. The lowest BCUT2D eigenvalue weighted by atomic mass is 9.95. The van der Waals surface area contributed by atoms with Crippen LogP contribution in [0.5, 0.6) is 0 Å². The van der Waals surface area contributed by atoms with Gasteiger partial charge >= 0.3 is 15.6 Å². The van der Waals surface area contributed by atoms with Gasteiger partial charge in [-0.3, -0.25) is 9.59 Å². The fourth-order valence-corrected chi connectivity index (χ4v) is 5.13. The lowest BCUT2D eigenvalue weighted by molar-refractivity contribution is -0.0761. The maximum absolute atomic E-state index is 12.7. The summed E-state index contributed by atoms with van der Waals surface area (Å²) in [7, 11) is -6.19. The van der Waals surface area contributed by atoms with Crippen LogP contribution in [-0.4, -0.2) is 47.6 Å². The topological polar surface area (TPSA) is 80.8 Å². The highest BCUT2D eigenvalue weighted by molar-refractivity contribution is 8.03. The van der Waals surface area contributed by atoms with E-state index in [2.05, 4.69) is 18.1 Å². The average Bonchev–Trinajstić information content (AvgIpc) is 2.66. The van der Waals surface area contributed by atoms with E-state index in [4.69, 9.17) is 0 Å².